The molecule has 1 aromatic carbocycles. The molecule has 6 rings (SSSR count). The van der Waals surface area contributed by atoms with E-state index < -0.39 is 17.4 Å². The van der Waals surface area contributed by atoms with Gasteiger partial charge in [-0.15, -0.1) is 0 Å². The first-order valence-corrected chi connectivity index (χ1v) is 12.7. The van der Waals surface area contributed by atoms with E-state index in [-0.39, 0.29) is 6.10 Å². The topological polar surface area (TPSA) is 74.2 Å². The molecule has 5 aliphatic rings. The van der Waals surface area contributed by atoms with Crippen molar-refractivity contribution in [1.82, 2.24) is 0 Å². The van der Waals surface area contributed by atoms with Crippen molar-refractivity contribution in [2.75, 3.05) is 7.11 Å². The summed E-state index contributed by atoms with van der Waals surface area (Å²) in [6.07, 6.45) is 10.4. The Labute approximate surface area is 196 Å². The first-order chi connectivity index (χ1) is 15.8. The van der Waals surface area contributed by atoms with E-state index in [1.165, 1.54) is 37.7 Å². The Kier molecular flexibility index (Phi) is 6.21. The minimum absolute atomic E-state index is 0.115. The van der Waals surface area contributed by atoms with Gasteiger partial charge in [0.05, 0.1) is 6.10 Å². The Bertz CT molecular complexity index is 811. The van der Waals surface area contributed by atoms with Crippen molar-refractivity contribution >= 4 is 5.97 Å². The second kappa shape index (κ2) is 8.86. The van der Waals surface area contributed by atoms with Crippen LogP contribution in [0.2, 0.25) is 0 Å². The van der Waals surface area contributed by atoms with E-state index in [1.807, 2.05) is 12.1 Å². The van der Waals surface area contributed by atoms with Gasteiger partial charge in [0, 0.05) is 18.9 Å². The molecule has 0 atom stereocenters. The second-order valence-electron chi connectivity index (χ2n) is 11.4. The van der Waals surface area contributed by atoms with Crippen LogP contribution in [0, 0.1) is 23.7 Å². The third-order valence-corrected chi connectivity index (χ3v) is 8.82. The number of ether oxygens (including phenoxy) is 2. The highest BCUT2D eigenvalue weighted by atomic mass is 17.2. The summed E-state index contributed by atoms with van der Waals surface area (Å²) < 4.78 is 11.7. The Morgan fingerprint density at radius 2 is 1.52 bits per heavy atom. The fraction of sp³-hybridized carbons (Fsp3) is 0.741. The summed E-state index contributed by atoms with van der Waals surface area (Å²) >= 11 is 0. The molecule has 0 saturated heterocycles. The number of methoxy groups -OCH3 is 1. The molecule has 0 amide bonds. The van der Waals surface area contributed by atoms with Crippen molar-refractivity contribution in [2.45, 2.75) is 95.0 Å². The molecular formula is C27H38O6. The summed E-state index contributed by atoms with van der Waals surface area (Å²) in [5.74, 6) is 2.22. The molecule has 33 heavy (non-hydrogen) atoms. The van der Waals surface area contributed by atoms with Crippen LogP contribution in [-0.2, 0) is 19.3 Å². The van der Waals surface area contributed by atoms with E-state index in [1.54, 1.807) is 21.0 Å². The molecule has 1 aromatic rings. The fourth-order valence-corrected chi connectivity index (χ4v) is 7.13. The molecule has 0 spiro atoms. The smallest absolute Gasteiger partial charge is 0.347 e. The number of carbonyl (C=O) groups is 1. The molecular weight excluding hydrogens is 420 g/mol. The van der Waals surface area contributed by atoms with Crippen LogP contribution in [0.15, 0.2) is 24.3 Å². The number of hydrogen-bond donors (Lipinski definition) is 1. The lowest BCUT2D eigenvalue weighted by Gasteiger charge is -2.58. The largest absolute Gasteiger partial charge is 0.478 e. The van der Waals surface area contributed by atoms with Crippen LogP contribution in [0.25, 0.3) is 0 Å². The number of aliphatic carboxylic acids is 1. The summed E-state index contributed by atoms with van der Waals surface area (Å²) in [5, 5.41) is 9.25. The minimum Gasteiger partial charge on any atom is -0.478 e. The number of hydrogen-bond acceptors (Lipinski definition) is 5. The molecule has 4 bridgehead atoms. The van der Waals surface area contributed by atoms with Gasteiger partial charge in [-0.05, 0) is 107 Å². The third-order valence-electron chi connectivity index (χ3n) is 8.82. The summed E-state index contributed by atoms with van der Waals surface area (Å²) in [5.41, 5.74) is 0.0255. The fourth-order valence-electron chi connectivity index (χ4n) is 7.13. The molecule has 0 aromatic heterocycles. The quantitative estimate of drug-likeness (QED) is 0.306. The third kappa shape index (κ3) is 4.42. The van der Waals surface area contributed by atoms with E-state index in [2.05, 4.69) is 12.1 Å². The standard InChI is InChI=1S/C27H38O6/c1-26(2,25(28)29)31-23-8-4-19(5-9-23)20-6-10-24(11-7-20)32-33-27(30-3)21-13-17-12-18(15-21)16-22(27)14-17/h4-5,8-9,17-18,20-22,24H,6-7,10-16H2,1-3H3,(H,28,29). The van der Waals surface area contributed by atoms with E-state index >= 15 is 0 Å². The van der Waals surface area contributed by atoms with Crippen molar-refractivity contribution in [2.24, 2.45) is 23.7 Å². The predicted molar refractivity (Wildman–Crippen MR) is 123 cm³/mol. The van der Waals surface area contributed by atoms with Gasteiger partial charge in [0.2, 0.25) is 5.79 Å². The van der Waals surface area contributed by atoms with Crippen molar-refractivity contribution in [3.8, 4) is 5.75 Å². The second-order valence-corrected chi connectivity index (χ2v) is 11.4. The van der Waals surface area contributed by atoms with Gasteiger partial charge in [-0.1, -0.05) is 12.1 Å². The van der Waals surface area contributed by atoms with Gasteiger partial charge in [0.25, 0.3) is 0 Å². The molecule has 182 valence electrons. The van der Waals surface area contributed by atoms with Crippen LogP contribution < -0.4 is 4.74 Å². The molecule has 5 fully saturated rings. The highest BCUT2D eigenvalue weighted by Crippen LogP contribution is 2.60. The van der Waals surface area contributed by atoms with Crippen LogP contribution in [-0.4, -0.2) is 35.7 Å². The van der Waals surface area contributed by atoms with Gasteiger partial charge in [0.1, 0.15) is 5.75 Å². The maximum Gasteiger partial charge on any atom is 0.347 e. The lowest BCUT2D eigenvalue weighted by molar-refractivity contribution is -0.485. The van der Waals surface area contributed by atoms with Crippen LogP contribution in [0.3, 0.4) is 0 Å². The average molecular weight is 459 g/mol. The van der Waals surface area contributed by atoms with Crippen LogP contribution in [0.4, 0.5) is 0 Å². The molecule has 5 aliphatic carbocycles. The van der Waals surface area contributed by atoms with Crippen molar-refractivity contribution in [3.05, 3.63) is 29.8 Å². The van der Waals surface area contributed by atoms with E-state index in [9.17, 15) is 9.90 Å². The Balaban J connectivity index is 1.13. The lowest BCUT2D eigenvalue weighted by Crippen LogP contribution is -2.60. The Morgan fingerprint density at radius 3 is 2.03 bits per heavy atom. The maximum atomic E-state index is 11.3. The van der Waals surface area contributed by atoms with E-state index in [0.29, 0.717) is 23.5 Å². The molecule has 6 nitrogen and oxygen atoms in total. The Hall–Kier alpha value is -1.63. The Morgan fingerprint density at radius 1 is 0.939 bits per heavy atom. The van der Waals surface area contributed by atoms with Gasteiger partial charge in [-0.2, -0.15) is 0 Å². The van der Waals surface area contributed by atoms with Crippen molar-refractivity contribution < 1.29 is 29.1 Å². The van der Waals surface area contributed by atoms with Gasteiger partial charge < -0.3 is 14.6 Å². The summed E-state index contributed by atoms with van der Waals surface area (Å²) in [6.45, 7) is 3.12. The van der Waals surface area contributed by atoms with Gasteiger partial charge in [0.15, 0.2) is 5.60 Å². The van der Waals surface area contributed by atoms with Gasteiger partial charge >= 0.3 is 5.97 Å². The molecule has 0 heterocycles. The number of benzene rings is 1. The molecule has 1 N–H and O–H groups in total. The first kappa shape index (κ1) is 23.1. The summed E-state index contributed by atoms with van der Waals surface area (Å²) in [7, 11) is 1.80. The molecule has 0 radical (unpaired) electrons. The van der Waals surface area contributed by atoms with Gasteiger partial charge in [-0.3, -0.25) is 0 Å². The minimum atomic E-state index is -1.24. The number of carboxylic acids is 1. The highest BCUT2D eigenvalue weighted by Gasteiger charge is 2.60. The predicted octanol–water partition coefficient (Wildman–Crippen LogP) is 5.70. The normalized spacial score (nSPS) is 37.8. The molecule has 0 unspecified atom stereocenters. The zero-order chi connectivity index (χ0) is 23.2. The van der Waals surface area contributed by atoms with E-state index in [0.717, 1.165) is 37.5 Å². The molecule has 5 saturated carbocycles. The molecule has 0 aliphatic heterocycles. The van der Waals surface area contributed by atoms with Gasteiger partial charge in [-0.25, -0.2) is 14.6 Å². The van der Waals surface area contributed by atoms with Crippen molar-refractivity contribution in [1.29, 1.82) is 0 Å². The first-order valence-electron chi connectivity index (χ1n) is 12.7. The average Bonchev–Trinajstić information content (AvgIpc) is 2.79. The SMILES string of the molecule is COC1(OOC2CCC(c3ccc(OC(C)(C)C(=O)O)cc3)CC2)C2CC3CC(C2)CC1C3. The number of carboxylic acid groups (broad SMARTS) is 1. The summed E-state index contributed by atoms with van der Waals surface area (Å²) in [6, 6.07) is 7.87. The zero-order valence-electron chi connectivity index (χ0n) is 20.1. The zero-order valence-corrected chi connectivity index (χ0v) is 20.1. The summed E-state index contributed by atoms with van der Waals surface area (Å²) in [4.78, 5) is 23.6. The lowest BCUT2D eigenvalue weighted by atomic mass is 9.53. The van der Waals surface area contributed by atoms with Crippen LogP contribution in [0.5, 0.6) is 5.75 Å². The van der Waals surface area contributed by atoms with Crippen molar-refractivity contribution in [3.63, 3.8) is 0 Å². The van der Waals surface area contributed by atoms with Crippen LogP contribution >= 0.6 is 0 Å². The maximum absolute atomic E-state index is 11.3. The highest BCUT2D eigenvalue weighted by molar-refractivity contribution is 5.76. The monoisotopic (exact) mass is 458 g/mol. The molecule has 6 heteroatoms. The van der Waals surface area contributed by atoms with Crippen LogP contribution in [0.1, 0.15) is 83.1 Å². The van der Waals surface area contributed by atoms with E-state index in [4.69, 9.17) is 19.2 Å². The number of rotatable bonds is 8.